The third-order valence-electron chi connectivity index (χ3n) is 3.88. The second kappa shape index (κ2) is 7.79. The number of urea groups is 1. The van der Waals surface area contributed by atoms with Crippen LogP contribution >= 0.6 is 0 Å². The van der Waals surface area contributed by atoms with Gasteiger partial charge >= 0.3 is 6.03 Å². The molecule has 1 aliphatic heterocycles. The summed E-state index contributed by atoms with van der Waals surface area (Å²) >= 11 is 0. The summed E-state index contributed by atoms with van der Waals surface area (Å²) in [7, 11) is 0. The molecule has 0 saturated carbocycles. The van der Waals surface area contributed by atoms with Crippen LogP contribution in [-0.2, 0) is 11.3 Å². The molecular formula is C16H24N4O2. The highest BCUT2D eigenvalue weighted by molar-refractivity contribution is 5.93. The van der Waals surface area contributed by atoms with E-state index in [1.54, 1.807) is 0 Å². The minimum atomic E-state index is -0.454. The Labute approximate surface area is 131 Å². The molecule has 120 valence electrons. The van der Waals surface area contributed by atoms with Gasteiger partial charge in [-0.05, 0) is 37.1 Å². The average Bonchev–Trinajstić information content (AvgIpc) is 2.53. The van der Waals surface area contributed by atoms with Crippen molar-refractivity contribution in [2.45, 2.75) is 26.3 Å². The monoisotopic (exact) mass is 304 g/mol. The summed E-state index contributed by atoms with van der Waals surface area (Å²) in [5.41, 5.74) is 7.21. The van der Waals surface area contributed by atoms with Crippen molar-refractivity contribution in [1.29, 1.82) is 0 Å². The summed E-state index contributed by atoms with van der Waals surface area (Å²) in [4.78, 5) is 25.1. The number of carbonyl (C=O) groups excluding carboxylic acids is 2. The van der Waals surface area contributed by atoms with Gasteiger partial charge in [0.15, 0.2) is 0 Å². The van der Waals surface area contributed by atoms with Gasteiger partial charge in [0.25, 0.3) is 0 Å². The van der Waals surface area contributed by atoms with Crippen molar-refractivity contribution in [2.75, 3.05) is 25.0 Å². The van der Waals surface area contributed by atoms with Gasteiger partial charge in [-0.2, -0.15) is 0 Å². The number of carbonyl (C=O) groups is 2. The molecule has 6 heteroatoms. The highest BCUT2D eigenvalue weighted by Gasteiger charge is 2.27. The standard InChI is InChI=1S/C16H24N4O2/c1-2-18-10-12-5-3-7-14(9-12)19-15(21)13-6-4-8-20(11-13)16(17)22/h3,5,7,9,13,18H,2,4,6,8,10-11H2,1H3,(H2,17,22)(H,19,21). The van der Waals surface area contributed by atoms with Crippen LogP contribution in [0.15, 0.2) is 24.3 Å². The molecule has 6 nitrogen and oxygen atoms in total. The van der Waals surface area contributed by atoms with E-state index < -0.39 is 6.03 Å². The predicted molar refractivity (Wildman–Crippen MR) is 86.3 cm³/mol. The van der Waals surface area contributed by atoms with Gasteiger partial charge in [0, 0.05) is 25.3 Å². The molecule has 0 bridgehead atoms. The van der Waals surface area contributed by atoms with Crippen molar-refractivity contribution in [3.63, 3.8) is 0 Å². The van der Waals surface area contributed by atoms with Crippen molar-refractivity contribution < 1.29 is 9.59 Å². The molecule has 1 aromatic carbocycles. The lowest BCUT2D eigenvalue weighted by Crippen LogP contribution is -2.46. The topological polar surface area (TPSA) is 87.5 Å². The molecule has 1 unspecified atom stereocenters. The average molecular weight is 304 g/mol. The first-order valence-corrected chi connectivity index (χ1v) is 7.75. The molecule has 22 heavy (non-hydrogen) atoms. The van der Waals surface area contributed by atoms with Gasteiger partial charge in [-0.25, -0.2) is 4.79 Å². The fourth-order valence-electron chi connectivity index (χ4n) is 2.66. The van der Waals surface area contributed by atoms with Gasteiger partial charge in [0.05, 0.1) is 5.92 Å². The van der Waals surface area contributed by atoms with E-state index in [4.69, 9.17) is 5.73 Å². The highest BCUT2D eigenvalue weighted by atomic mass is 16.2. The predicted octanol–water partition coefficient (Wildman–Crippen LogP) is 1.53. The van der Waals surface area contributed by atoms with Gasteiger partial charge in [0.1, 0.15) is 0 Å². The molecule has 0 radical (unpaired) electrons. The maximum atomic E-state index is 12.4. The number of benzene rings is 1. The van der Waals surface area contributed by atoms with Crippen LogP contribution in [0.4, 0.5) is 10.5 Å². The van der Waals surface area contributed by atoms with Crippen LogP contribution in [0.25, 0.3) is 0 Å². The first-order valence-electron chi connectivity index (χ1n) is 7.75. The van der Waals surface area contributed by atoms with Gasteiger partial charge in [-0.1, -0.05) is 19.1 Å². The number of nitrogens with zero attached hydrogens (tertiary/aromatic N) is 1. The molecule has 0 aromatic heterocycles. The second-order valence-electron chi connectivity index (χ2n) is 5.59. The third kappa shape index (κ3) is 4.46. The number of rotatable bonds is 5. The number of nitrogens with two attached hydrogens (primary N) is 1. The minimum absolute atomic E-state index is 0.0495. The first kappa shape index (κ1) is 16.3. The zero-order valence-corrected chi connectivity index (χ0v) is 13.0. The van der Waals surface area contributed by atoms with Crippen LogP contribution in [0.2, 0.25) is 0 Å². The van der Waals surface area contributed by atoms with E-state index in [2.05, 4.69) is 17.6 Å². The Balaban J connectivity index is 1.95. The zero-order valence-electron chi connectivity index (χ0n) is 13.0. The number of nitrogens with one attached hydrogen (secondary N) is 2. The molecule has 1 fully saturated rings. The molecule has 1 heterocycles. The summed E-state index contributed by atoms with van der Waals surface area (Å²) in [6.07, 6.45) is 1.59. The van der Waals surface area contributed by atoms with E-state index in [0.717, 1.165) is 37.2 Å². The highest BCUT2D eigenvalue weighted by Crippen LogP contribution is 2.19. The van der Waals surface area contributed by atoms with E-state index >= 15 is 0 Å². The summed E-state index contributed by atoms with van der Waals surface area (Å²) in [6, 6.07) is 7.34. The molecule has 1 saturated heterocycles. The molecule has 4 N–H and O–H groups in total. The van der Waals surface area contributed by atoms with Crippen LogP contribution in [0.3, 0.4) is 0 Å². The Morgan fingerprint density at radius 2 is 2.23 bits per heavy atom. The largest absolute Gasteiger partial charge is 0.351 e. The maximum absolute atomic E-state index is 12.4. The van der Waals surface area contributed by atoms with Gasteiger partial charge in [-0.3, -0.25) is 4.79 Å². The molecule has 0 spiro atoms. The van der Waals surface area contributed by atoms with E-state index in [9.17, 15) is 9.59 Å². The van der Waals surface area contributed by atoms with E-state index in [-0.39, 0.29) is 11.8 Å². The number of hydrogen-bond acceptors (Lipinski definition) is 3. The lowest BCUT2D eigenvalue weighted by atomic mass is 9.97. The zero-order chi connectivity index (χ0) is 15.9. The number of primary amides is 1. The molecule has 1 aliphatic rings. The molecular weight excluding hydrogens is 280 g/mol. The summed E-state index contributed by atoms with van der Waals surface area (Å²) in [5.74, 6) is -0.245. The molecule has 1 aromatic rings. The lowest BCUT2D eigenvalue weighted by molar-refractivity contribution is -0.121. The number of anilines is 1. The van der Waals surface area contributed by atoms with Crippen molar-refractivity contribution in [1.82, 2.24) is 10.2 Å². The maximum Gasteiger partial charge on any atom is 0.314 e. The Hall–Kier alpha value is -2.08. The second-order valence-corrected chi connectivity index (χ2v) is 5.59. The molecule has 3 amide bonds. The Bertz CT molecular complexity index is 533. The third-order valence-corrected chi connectivity index (χ3v) is 3.88. The Morgan fingerprint density at radius 3 is 2.95 bits per heavy atom. The lowest BCUT2D eigenvalue weighted by Gasteiger charge is -2.30. The van der Waals surface area contributed by atoms with E-state index in [1.165, 1.54) is 4.90 Å². The van der Waals surface area contributed by atoms with Crippen molar-refractivity contribution >= 4 is 17.6 Å². The van der Waals surface area contributed by atoms with Crippen molar-refractivity contribution in [3.05, 3.63) is 29.8 Å². The number of likely N-dealkylation sites (tertiary alicyclic amines) is 1. The van der Waals surface area contributed by atoms with Crippen LogP contribution in [0.1, 0.15) is 25.3 Å². The Kier molecular flexibility index (Phi) is 5.77. The Morgan fingerprint density at radius 1 is 1.41 bits per heavy atom. The summed E-state index contributed by atoms with van der Waals surface area (Å²) < 4.78 is 0. The molecule has 0 aliphatic carbocycles. The normalized spacial score (nSPS) is 18.0. The molecule has 1 atom stereocenters. The van der Waals surface area contributed by atoms with Crippen LogP contribution < -0.4 is 16.4 Å². The number of piperidine rings is 1. The van der Waals surface area contributed by atoms with Crippen LogP contribution in [0.5, 0.6) is 0 Å². The van der Waals surface area contributed by atoms with E-state index in [1.807, 2.05) is 24.3 Å². The van der Waals surface area contributed by atoms with Gasteiger partial charge in [-0.15, -0.1) is 0 Å². The summed E-state index contributed by atoms with van der Waals surface area (Å²) in [6.45, 7) is 4.77. The SMILES string of the molecule is CCNCc1cccc(NC(=O)C2CCCN(C(N)=O)C2)c1. The van der Waals surface area contributed by atoms with Gasteiger partial charge < -0.3 is 21.3 Å². The van der Waals surface area contributed by atoms with Crippen molar-refractivity contribution in [2.24, 2.45) is 11.7 Å². The number of amides is 3. The van der Waals surface area contributed by atoms with Crippen molar-refractivity contribution in [3.8, 4) is 0 Å². The summed E-state index contributed by atoms with van der Waals surface area (Å²) in [5, 5.41) is 6.20. The van der Waals surface area contributed by atoms with Gasteiger partial charge in [0.2, 0.25) is 5.91 Å². The van der Waals surface area contributed by atoms with Crippen LogP contribution in [-0.4, -0.2) is 36.5 Å². The minimum Gasteiger partial charge on any atom is -0.351 e. The van der Waals surface area contributed by atoms with Crippen LogP contribution in [0, 0.1) is 5.92 Å². The first-order chi connectivity index (χ1) is 10.6. The smallest absolute Gasteiger partial charge is 0.314 e. The fraction of sp³-hybridized carbons (Fsp3) is 0.500. The van der Waals surface area contributed by atoms with E-state index in [0.29, 0.717) is 13.1 Å². The fourth-order valence-corrected chi connectivity index (χ4v) is 2.66. The quantitative estimate of drug-likeness (QED) is 0.771. The molecule has 2 rings (SSSR count). The number of hydrogen-bond donors (Lipinski definition) is 3.